The summed E-state index contributed by atoms with van der Waals surface area (Å²) in [5.41, 5.74) is 5.10. The Labute approximate surface area is 109 Å². The van der Waals surface area contributed by atoms with Crippen LogP contribution in [0.1, 0.15) is 44.4 Å². The summed E-state index contributed by atoms with van der Waals surface area (Å²) < 4.78 is 2.04. The van der Waals surface area contributed by atoms with Gasteiger partial charge in [-0.05, 0) is 30.9 Å². The number of nitrogens with zero attached hydrogens (tertiary/aromatic N) is 2. The topological polar surface area (TPSA) is 17.8 Å². The van der Waals surface area contributed by atoms with Crippen LogP contribution in [0.4, 0.5) is 0 Å². The van der Waals surface area contributed by atoms with Crippen LogP contribution in [0.3, 0.4) is 0 Å². The number of allylic oxidation sites excluding steroid dienone is 2. The number of hydrogen-bond acceptors (Lipinski definition) is 1. The summed E-state index contributed by atoms with van der Waals surface area (Å²) in [6.45, 7) is 6.55. The van der Waals surface area contributed by atoms with Gasteiger partial charge < -0.3 is 0 Å². The molecule has 0 saturated heterocycles. The molecule has 0 amide bonds. The summed E-state index contributed by atoms with van der Waals surface area (Å²) >= 11 is 0. The van der Waals surface area contributed by atoms with E-state index in [0.29, 0.717) is 0 Å². The zero-order valence-corrected chi connectivity index (χ0v) is 11.8. The molecule has 0 aliphatic heterocycles. The third-order valence-electron chi connectivity index (χ3n) is 3.34. The molecule has 1 aromatic carbocycles. The molecule has 0 bridgehead atoms. The van der Waals surface area contributed by atoms with E-state index in [2.05, 4.69) is 50.1 Å². The Kier molecular flexibility index (Phi) is 3.85. The van der Waals surface area contributed by atoms with Gasteiger partial charge in [-0.25, -0.2) is 0 Å². The molecule has 1 aromatic heterocycles. The second-order valence-corrected chi connectivity index (χ2v) is 4.83. The average Bonchev–Trinajstić information content (AvgIpc) is 2.67. The molecule has 0 saturated carbocycles. The Bertz CT molecular complexity index is 576. The fourth-order valence-corrected chi connectivity index (χ4v) is 2.57. The summed E-state index contributed by atoms with van der Waals surface area (Å²) in [6, 6.07) is 6.43. The van der Waals surface area contributed by atoms with Gasteiger partial charge in [-0.1, -0.05) is 44.5 Å². The van der Waals surface area contributed by atoms with E-state index in [4.69, 9.17) is 0 Å². The minimum Gasteiger partial charge on any atom is -0.267 e. The van der Waals surface area contributed by atoms with Crippen LogP contribution in [0.2, 0.25) is 0 Å². The van der Waals surface area contributed by atoms with Crippen LogP contribution < -0.4 is 0 Å². The molecule has 0 fully saturated rings. The van der Waals surface area contributed by atoms with E-state index in [1.165, 1.54) is 28.6 Å². The van der Waals surface area contributed by atoms with Crippen LogP contribution in [0.15, 0.2) is 24.3 Å². The molecule has 0 spiro atoms. The van der Waals surface area contributed by atoms with Crippen LogP contribution in [-0.2, 0) is 7.05 Å². The molecule has 1 heterocycles. The van der Waals surface area contributed by atoms with E-state index < -0.39 is 0 Å². The highest BCUT2D eigenvalue weighted by atomic mass is 15.3. The maximum atomic E-state index is 4.67. The van der Waals surface area contributed by atoms with Gasteiger partial charge in [0.1, 0.15) is 0 Å². The van der Waals surface area contributed by atoms with Gasteiger partial charge in [0.05, 0.1) is 11.2 Å². The van der Waals surface area contributed by atoms with Crippen molar-refractivity contribution in [2.45, 2.75) is 40.0 Å². The molecular formula is C16H22N2. The van der Waals surface area contributed by atoms with Gasteiger partial charge in [-0.2, -0.15) is 5.10 Å². The van der Waals surface area contributed by atoms with Gasteiger partial charge in [0.15, 0.2) is 0 Å². The predicted molar refractivity (Wildman–Crippen MR) is 78.6 cm³/mol. The number of benzene rings is 1. The van der Waals surface area contributed by atoms with Gasteiger partial charge in [-0.3, -0.25) is 4.68 Å². The zero-order valence-electron chi connectivity index (χ0n) is 11.8. The Hall–Kier alpha value is -1.57. The molecule has 2 nitrogen and oxygen atoms in total. The van der Waals surface area contributed by atoms with Crippen LogP contribution in [0, 0.1) is 6.92 Å². The van der Waals surface area contributed by atoms with Crippen LogP contribution in [0.5, 0.6) is 0 Å². The maximum absolute atomic E-state index is 4.67. The van der Waals surface area contributed by atoms with Gasteiger partial charge in [0.25, 0.3) is 0 Å². The number of aromatic nitrogens is 2. The first kappa shape index (κ1) is 12.9. The van der Waals surface area contributed by atoms with Gasteiger partial charge in [0, 0.05) is 12.4 Å². The normalized spacial score (nSPS) is 12.3. The highest BCUT2D eigenvalue weighted by Crippen LogP contribution is 2.29. The monoisotopic (exact) mass is 242 g/mol. The van der Waals surface area contributed by atoms with E-state index in [0.717, 1.165) is 18.4 Å². The van der Waals surface area contributed by atoms with Crippen LogP contribution in [-0.4, -0.2) is 9.78 Å². The molecular weight excluding hydrogens is 220 g/mol. The maximum Gasteiger partial charge on any atom is 0.0958 e. The summed E-state index contributed by atoms with van der Waals surface area (Å²) in [7, 11) is 2.05. The third-order valence-corrected chi connectivity index (χ3v) is 3.34. The summed E-state index contributed by atoms with van der Waals surface area (Å²) in [5.74, 6) is 0. The average molecular weight is 242 g/mol. The summed E-state index contributed by atoms with van der Waals surface area (Å²) in [5, 5.41) is 5.96. The molecule has 0 aliphatic rings. The molecule has 0 N–H and O–H groups in total. The van der Waals surface area contributed by atoms with Crippen molar-refractivity contribution in [3.05, 3.63) is 35.5 Å². The molecule has 0 unspecified atom stereocenters. The first-order chi connectivity index (χ1) is 8.69. The van der Waals surface area contributed by atoms with Crippen molar-refractivity contribution in [1.29, 1.82) is 0 Å². The number of aryl methyl sites for hydroxylation is 2. The largest absolute Gasteiger partial charge is 0.267 e. The van der Waals surface area contributed by atoms with Crippen molar-refractivity contribution in [2.75, 3.05) is 0 Å². The Morgan fingerprint density at radius 2 is 2.11 bits per heavy atom. The Balaban J connectivity index is 2.66. The van der Waals surface area contributed by atoms with E-state index in [1.807, 2.05) is 11.7 Å². The lowest BCUT2D eigenvalue weighted by Crippen LogP contribution is -1.98. The van der Waals surface area contributed by atoms with Crippen molar-refractivity contribution in [2.24, 2.45) is 7.05 Å². The smallest absolute Gasteiger partial charge is 0.0958 e. The van der Waals surface area contributed by atoms with E-state index >= 15 is 0 Å². The van der Waals surface area contributed by atoms with Crippen molar-refractivity contribution in [1.82, 2.24) is 9.78 Å². The molecule has 2 heteroatoms. The number of rotatable bonds is 4. The molecule has 18 heavy (non-hydrogen) atoms. The van der Waals surface area contributed by atoms with E-state index in [9.17, 15) is 0 Å². The third kappa shape index (κ3) is 2.20. The molecule has 96 valence electrons. The lowest BCUT2D eigenvalue weighted by Gasteiger charge is -2.07. The molecule has 0 radical (unpaired) electrons. The fourth-order valence-electron chi connectivity index (χ4n) is 2.57. The van der Waals surface area contributed by atoms with Gasteiger partial charge in [-0.15, -0.1) is 0 Å². The standard InChI is InChI=1S/C16H22N2/c1-5-8-13(9-6-2)16-14-11-7-10-12(3)15(14)17-18(16)4/h7-8,10-11H,5-6,9H2,1-4H3/b13-8+. The Morgan fingerprint density at radius 1 is 1.33 bits per heavy atom. The molecule has 0 atom stereocenters. The van der Waals surface area contributed by atoms with E-state index in [-0.39, 0.29) is 0 Å². The zero-order chi connectivity index (χ0) is 13.1. The highest BCUT2D eigenvalue weighted by molar-refractivity contribution is 5.92. The first-order valence-electron chi connectivity index (χ1n) is 6.80. The lowest BCUT2D eigenvalue weighted by atomic mass is 10.0. The second-order valence-electron chi connectivity index (χ2n) is 4.83. The minimum absolute atomic E-state index is 1.08. The van der Waals surface area contributed by atoms with Crippen LogP contribution in [0.25, 0.3) is 16.5 Å². The summed E-state index contributed by atoms with van der Waals surface area (Å²) in [4.78, 5) is 0. The van der Waals surface area contributed by atoms with Crippen molar-refractivity contribution < 1.29 is 0 Å². The second kappa shape index (κ2) is 5.38. The highest BCUT2D eigenvalue weighted by Gasteiger charge is 2.13. The minimum atomic E-state index is 1.08. The molecule has 2 aromatic rings. The van der Waals surface area contributed by atoms with Gasteiger partial charge in [0.2, 0.25) is 0 Å². The van der Waals surface area contributed by atoms with Crippen molar-refractivity contribution in [3.63, 3.8) is 0 Å². The van der Waals surface area contributed by atoms with Crippen LogP contribution >= 0.6 is 0 Å². The number of fused-ring (bicyclic) bond motifs is 1. The van der Waals surface area contributed by atoms with E-state index in [1.54, 1.807) is 0 Å². The first-order valence-corrected chi connectivity index (χ1v) is 6.80. The Morgan fingerprint density at radius 3 is 2.78 bits per heavy atom. The molecule has 2 rings (SSSR count). The number of hydrogen-bond donors (Lipinski definition) is 0. The van der Waals surface area contributed by atoms with Gasteiger partial charge >= 0.3 is 0 Å². The SMILES string of the molecule is CC/C=C(\CCC)c1c2cccc(C)c2nn1C. The molecule has 0 aliphatic carbocycles. The quantitative estimate of drug-likeness (QED) is 0.773. The fraction of sp³-hybridized carbons (Fsp3) is 0.438. The van der Waals surface area contributed by atoms with Crippen molar-refractivity contribution >= 4 is 16.5 Å². The predicted octanol–water partition coefficient (Wildman–Crippen LogP) is 4.48. The lowest BCUT2D eigenvalue weighted by molar-refractivity contribution is 0.759. The summed E-state index contributed by atoms with van der Waals surface area (Å²) in [6.07, 6.45) is 5.71. The van der Waals surface area contributed by atoms with Crippen molar-refractivity contribution in [3.8, 4) is 0 Å².